The Hall–Kier alpha value is -3.34. The highest BCUT2D eigenvalue weighted by Gasteiger charge is 2.36. The fourth-order valence-electron chi connectivity index (χ4n) is 4.76. The van der Waals surface area contributed by atoms with Crippen molar-refractivity contribution in [2.24, 2.45) is 0 Å². The average Bonchev–Trinajstić information content (AvgIpc) is 3.36. The van der Waals surface area contributed by atoms with Gasteiger partial charge in [0.1, 0.15) is 18.9 Å². The van der Waals surface area contributed by atoms with E-state index in [0.29, 0.717) is 19.8 Å². The van der Waals surface area contributed by atoms with Crippen LogP contribution >= 0.6 is 0 Å². The maximum Gasteiger partial charge on any atom is 0.162 e. The highest BCUT2D eigenvalue weighted by atomic mass is 16.6. The van der Waals surface area contributed by atoms with E-state index in [1.54, 1.807) is 0 Å². The molecular weight excluding hydrogens is 428 g/mol. The molecule has 0 aliphatic carbocycles. The van der Waals surface area contributed by atoms with E-state index in [-0.39, 0.29) is 5.41 Å². The molecule has 2 aliphatic heterocycles. The van der Waals surface area contributed by atoms with Gasteiger partial charge in [-0.1, -0.05) is 35.5 Å². The molecule has 0 atom stereocenters. The third kappa shape index (κ3) is 4.79. The summed E-state index contributed by atoms with van der Waals surface area (Å²) < 4.78 is 16.9. The zero-order valence-corrected chi connectivity index (χ0v) is 19.6. The normalized spacial score (nSPS) is 17.4. The van der Waals surface area contributed by atoms with Gasteiger partial charge in [-0.2, -0.15) is 5.26 Å². The molecule has 7 heteroatoms. The molecular formula is C27H30N4O3. The van der Waals surface area contributed by atoms with Crippen LogP contribution in [-0.4, -0.2) is 61.4 Å². The number of rotatable bonds is 7. The zero-order valence-electron chi connectivity index (χ0n) is 19.6. The SMILES string of the molecule is CN(CCN1CCC(C#N)(c2ccccc2)CC1)Cc1cc(-c2ccc3c(c2)OCCO3)no1. The van der Waals surface area contributed by atoms with Gasteiger partial charge in [-0.25, -0.2) is 0 Å². The van der Waals surface area contributed by atoms with Gasteiger partial charge < -0.3 is 18.9 Å². The molecule has 3 aromatic rings. The first-order valence-electron chi connectivity index (χ1n) is 11.9. The second-order valence-corrected chi connectivity index (χ2v) is 9.18. The van der Waals surface area contributed by atoms with Gasteiger partial charge in [0, 0.05) is 37.8 Å². The Kier molecular flexibility index (Phi) is 6.52. The Morgan fingerprint density at radius 3 is 2.56 bits per heavy atom. The number of fused-ring (bicyclic) bond motifs is 1. The zero-order chi connectivity index (χ0) is 23.4. The monoisotopic (exact) mass is 458 g/mol. The highest BCUT2D eigenvalue weighted by molar-refractivity contribution is 5.64. The average molecular weight is 459 g/mol. The van der Waals surface area contributed by atoms with E-state index in [0.717, 1.165) is 73.1 Å². The van der Waals surface area contributed by atoms with Crippen LogP contribution in [0.3, 0.4) is 0 Å². The summed E-state index contributed by atoms with van der Waals surface area (Å²) in [6.07, 6.45) is 1.75. The maximum atomic E-state index is 9.90. The molecule has 2 aromatic carbocycles. The molecule has 0 unspecified atom stereocenters. The lowest BCUT2D eigenvalue weighted by Gasteiger charge is -2.38. The second-order valence-electron chi connectivity index (χ2n) is 9.18. The van der Waals surface area contributed by atoms with Gasteiger partial charge >= 0.3 is 0 Å². The molecule has 1 fully saturated rings. The van der Waals surface area contributed by atoms with Crippen LogP contribution < -0.4 is 9.47 Å². The summed E-state index contributed by atoms with van der Waals surface area (Å²) in [5, 5.41) is 14.2. The molecule has 34 heavy (non-hydrogen) atoms. The van der Waals surface area contributed by atoms with Crippen molar-refractivity contribution in [1.29, 1.82) is 5.26 Å². The van der Waals surface area contributed by atoms with E-state index < -0.39 is 0 Å². The van der Waals surface area contributed by atoms with Gasteiger partial charge in [0.2, 0.25) is 0 Å². The molecule has 5 rings (SSSR count). The molecule has 0 bridgehead atoms. The van der Waals surface area contributed by atoms with Crippen LogP contribution in [0.25, 0.3) is 11.3 Å². The minimum atomic E-state index is -0.353. The van der Waals surface area contributed by atoms with Crippen molar-refractivity contribution < 1.29 is 14.0 Å². The fourth-order valence-corrected chi connectivity index (χ4v) is 4.76. The number of nitriles is 1. The van der Waals surface area contributed by atoms with Crippen molar-refractivity contribution in [1.82, 2.24) is 15.0 Å². The predicted octanol–water partition coefficient (Wildman–Crippen LogP) is 4.10. The smallest absolute Gasteiger partial charge is 0.162 e. The molecule has 0 amide bonds. The van der Waals surface area contributed by atoms with Crippen LogP contribution in [0.4, 0.5) is 0 Å². The van der Waals surface area contributed by atoms with Gasteiger partial charge in [0.15, 0.2) is 17.3 Å². The summed E-state index contributed by atoms with van der Waals surface area (Å²) in [7, 11) is 2.10. The van der Waals surface area contributed by atoms with Crippen LogP contribution in [0, 0.1) is 11.3 Å². The highest BCUT2D eigenvalue weighted by Crippen LogP contribution is 2.35. The van der Waals surface area contributed by atoms with Gasteiger partial charge in [-0.3, -0.25) is 4.90 Å². The van der Waals surface area contributed by atoms with Crippen molar-refractivity contribution in [3.8, 4) is 28.8 Å². The van der Waals surface area contributed by atoms with Crippen molar-refractivity contribution in [2.75, 3.05) is 46.4 Å². The van der Waals surface area contributed by atoms with Crippen LogP contribution in [0.2, 0.25) is 0 Å². The van der Waals surface area contributed by atoms with E-state index in [4.69, 9.17) is 14.0 Å². The standard InChI is InChI=1S/C27H30N4O3/c1-30(13-14-31-11-9-27(20-28,10-12-31)22-5-3-2-4-6-22)19-23-18-24(29-34-23)21-7-8-25-26(17-21)33-16-15-32-25/h2-8,17-18H,9-16,19H2,1H3. The summed E-state index contributed by atoms with van der Waals surface area (Å²) in [5.41, 5.74) is 2.54. The first-order chi connectivity index (χ1) is 16.6. The van der Waals surface area contributed by atoms with Gasteiger partial charge in [0.25, 0.3) is 0 Å². The molecule has 176 valence electrons. The predicted molar refractivity (Wildman–Crippen MR) is 129 cm³/mol. The largest absolute Gasteiger partial charge is 0.486 e. The fraction of sp³-hybridized carbons (Fsp3) is 0.407. The molecule has 7 nitrogen and oxygen atoms in total. The quantitative estimate of drug-likeness (QED) is 0.528. The lowest BCUT2D eigenvalue weighted by atomic mass is 9.74. The summed E-state index contributed by atoms with van der Waals surface area (Å²) in [6, 6.07) is 20.7. The van der Waals surface area contributed by atoms with Crippen molar-refractivity contribution in [2.45, 2.75) is 24.8 Å². The summed E-state index contributed by atoms with van der Waals surface area (Å²) >= 11 is 0. The topological polar surface area (TPSA) is 74.8 Å². The molecule has 1 saturated heterocycles. The van der Waals surface area contributed by atoms with Gasteiger partial charge in [-0.05, 0) is 43.7 Å². The number of nitrogens with zero attached hydrogens (tertiary/aromatic N) is 4. The van der Waals surface area contributed by atoms with Crippen LogP contribution in [-0.2, 0) is 12.0 Å². The molecule has 3 heterocycles. The molecule has 0 N–H and O–H groups in total. The molecule has 0 radical (unpaired) electrons. The molecule has 2 aliphatic rings. The van der Waals surface area contributed by atoms with Gasteiger partial charge in [-0.15, -0.1) is 0 Å². The van der Waals surface area contributed by atoms with E-state index in [2.05, 4.69) is 40.2 Å². The van der Waals surface area contributed by atoms with Crippen molar-refractivity contribution in [3.63, 3.8) is 0 Å². The molecule has 1 aromatic heterocycles. The summed E-state index contributed by atoms with van der Waals surface area (Å²) in [5.74, 6) is 2.35. The van der Waals surface area contributed by atoms with Crippen LogP contribution in [0.5, 0.6) is 11.5 Å². The maximum absolute atomic E-state index is 9.90. The molecule has 0 saturated carbocycles. The van der Waals surface area contributed by atoms with Crippen LogP contribution in [0.1, 0.15) is 24.2 Å². The number of hydrogen-bond acceptors (Lipinski definition) is 7. The number of benzene rings is 2. The summed E-state index contributed by atoms with van der Waals surface area (Å²) in [4.78, 5) is 4.70. The number of likely N-dealkylation sites (N-methyl/N-ethyl adjacent to an activating group) is 1. The van der Waals surface area contributed by atoms with Crippen molar-refractivity contribution >= 4 is 0 Å². The Balaban J connectivity index is 1.12. The van der Waals surface area contributed by atoms with Crippen LogP contribution in [0.15, 0.2) is 59.1 Å². The lowest BCUT2D eigenvalue weighted by Crippen LogP contribution is -2.44. The van der Waals surface area contributed by atoms with Gasteiger partial charge in [0.05, 0.1) is 18.0 Å². The van der Waals surface area contributed by atoms with Crippen molar-refractivity contribution in [3.05, 3.63) is 65.9 Å². The lowest BCUT2D eigenvalue weighted by molar-refractivity contribution is 0.160. The first-order valence-corrected chi connectivity index (χ1v) is 11.9. The third-order valence-electron chi connectivity index (χ3n) is 6.87. The van der Waals surface area contributed by atoms with E-state index in [1.165, 1.54) is 0 Å². The Labute approximate surface area is 200 Å². The van der Waals surface area contributed by atoms with E-state index in [9.17, 15) is 5.26 Å². The minimum Gasteiger partial charge on any atom is -0.486 e. The molecule has 0 spiro atoms. The van der Waals surface area contributed by atoms with E-state index >= 15 is 0 Å². The first kappa shape index (κ1) is 22.5. The Morgan fingerprint density at radius 2 is 1.79 bits per heavy atom. The number of hydrogen-bond donors (Lipinski definition) is 0. The number of ether oxygens (including phenoxy) is 2. The van der Waals surface area contributed by atoms with E-state index in [1.807, 2.05) is 42.5 Å². The third-order valence-corrected chi connectivity index (χ3v) is 6.87. The Bertz CT molecular complexity index is 1150. The Morgan fingerprint density at radius 1 is 1.03 bits per heavy atom. The number of aromatic nitrogens is 1. The number of piperidine rings is 1. The second kappa shape index (κ2) is 9.88. The number of likely N-dealkylation sites (tertiary alicyclic amines) is 1. The summed E-state index contributed by atoms with van der Waals surface area (Å²) in [6.45, 7) is 5.60. The minimum absolute atomic E-state index is 0.353.